The molecule has 0 aromatic carbocycles. The molecular formula is C8H14ClNO. The Morgan fingerprint density at radius 2 is 2.18 bits per heavy atom. The monoisotopic (exact) mass is 175 g/mol. The van der Waals surface area contributed by atoms with Crippen molar-refractivity contribution in [2.24, 2.45) is 5.41 Å². The maximum atomic E-state index is 10.8. The molecule has 1 unspecified atom stereocenters. The van der Waals surface area contributed by atoms with Crippen LogP contribution in [0.1, 0.15) is 27.2 Å². The predicted molar refractivity (Wildman–Crippen MR) is 45.8 cm³/mol. The second kappa shape index (κ2) is 2.67. The fourth-order valence-electron chi connectivity index (χ4n) is 1.47. The summed E-state index contributed by atoms with van der Waals surface area (Å²) in [7, 11) is 0. The van der Waals surface area contributed by atoms with Crippen molar-refractivity contribution in [3.63, 3.8) is 0 Å². The van der Waals surface area contributed by atoms with Crippen LogP contribution < -0.4 is 0 Å². The molecule has 1 aliphatic rings. The molecule has 1 aliphatic heterocycles. The Balaban J connectivity index is 2.71. The van der Waals surface area contributed by atoms with Gasteiger partial charge in [-0.1, -0.05) is 13.8 Å². The van der Waals surface area contributed by atoms with Gasteiger partial charge in [0.05, 0.1) is 0 Å². The number of halogens is 1. The van der Waals surface area contributed by atoms with Crippen molar-refractivity contribution in [3.05, 3.63) is 0 Å². The zero-order valence-electron chi connectivity index (χ0n) is 7.22. The minimum Gasteiger partial charge on any atom is -0.326 e. The first kappa shape index (κ1) is 8.85. The van der Waals surface area contributed by atoms with Gasteiger partial charge in [0.2, 0.25) is 0 Å². The van der Waals surface area contributed by atoms with Crippen molar-refractivity contribution in [3.8, 4) is 0 Å². The van der Waals surface area contributed by atoms with Crippen LogP contribution in [0.15, 0.2) is 0 Å². The van der Waals surface area contributed by atoms with E-state index in [-0.39, 0.29) is 16.8 Å². The Bertz CT molecular complexity index is 179. The van der Waals surface area contributed by atoms with Crippen LogP contribution in [0.2, 0.25) is 0 Å². The Morgan fingerprint density at radius 1 is 1.64 bits per heavy atom. The van der Waals surface area contributed by atoms with E-state index in [4.69, 9.17) is 11.6 Å². The Morgan fingerprint density at radius 3 is 2.36 bits per heavy atom. The number of amides is 1. The van der Waals surface area contributed by atoms with Crippen LogP contribution in [0.4, 0.5) is 4.79 Å². The van der Waals surface area contributed by atoms with Crippen LogP contribution in [0, 0.1) is 5.41 Å². The van der Waals surface area contributed by atoms with Crippen molar-refractivity contribution in [2.45, 2.75) is 33.2 Å². The molecule has 1 atom stereocenters. The van der Waals surface area contributed by atoms with Gasteiger partial charge < -0.3 is 4.90 Å². The summed E-state index contributed by atoms with van der Waals surface area (Å²) in [4.78, 5) is 12.6. The van der Waals surface area contributed by atoms with Crippen LogP contribution in [-0.2, 0) is 0 Å². The zero-order chi connectivity index (χ0) is 8.65. The van der Waals surface area contributed by atoms with Gasteiger partial charge in [0.1, 0.15) is 0 Å². The molecule has 1 heterocycles. The van der Waals surface area contributed by atoms with Crippen LogP contribution >= 0.6 is 11.6 Å². The van der Waals surface area contributed by atoms with Gasteiger partial charge in [-0.05, 0) is 30.4 Å². The van der Waals surface area contributed by atoms with E-state index in [9.17, 15) is 4.79 Å². The van der Waals surface area contributed by atoms with E-state index in [0.29, 0.717) is 0 Å². The fraction of sp³-hybridized carbons (Fsp3) is 0.875. The topological polar surface area (TPSA) is 20.3 Å². The third-order valence-electron chi connectivity index (χ3n) is 2.82. The standard InChI is InChI=1S/C8H14ClNO/c1-6-8(2,3)4-5-10(6)7(9)11/h6H,4-5H2,1-3H3. The molecular weight excluding hydrogens is 162 g/mol. The molecule has 0 spiro atoms. The van der Waals surface area contributed by atoms with E-state index >= 15 is 0 Å². The van der Waals surface area contributed by atoms with Gasteiger partial charge in [0, 0.05) is 12.6 Å². The van der Waals surface area contributed by atoms with Crippen molar-refractivity contribution >= 4 is 17.0 Å². The lowest BCUT2D eigenvalue weighted by Crippen LogP contribution is -2.35. The highest BCUT2D eigenvalue weighted by molar-refractivity contribution is 6.62. The van der Waals surface area contributed by atoms with Gasteiger partial charge in [0.15, 0.2) is 0 Å². The molecule has 1 rings (SSSR count). The molecule has 0 aliphatic carbocycles. The fourth-order valence-corrected chi connectivity index (χ4v) is 1.70. The van der Waals surface area contributed by atoms with Crippen molar-refractivity contribution in [1.82, 2.24) is 4.90 Å². The largest absolute Gasteiger partial charge is 0.326 e. The smallest absolute Gasteiger partial charge is 0.316 e. The highest BCUT2D eigenvalue weighted by Gasteiger charge is 2.38. The lowest BCUT2D eigenvalue weighted by Gasteiger charge is -2.27. The van der Waals surface area contributed by atoms with Crippen LogP contribution in [0.3, 0.4) is 0 Å². The summed E-state index contributed by atoms with van der Waals surface area (Å²) < 4.78 is 0. The molecule has 0 aromatic rings. The van der Waals surface area contributed by atoms with Crippen molar-refractivity contribution < 1.29 is 4.79 Å². The lowest BCUT2D eigenvalue weighted by atomic mass is 9.86. The second-order valence-corrected chi connectivity index (χ2v) is 4.18. The molecule has 1 fully saturated rings. The predicted octanol–water partition coefficient (Wildman–Crippen LogP) is 2.47. The molecule has 1 saturated heterocycles. The third kappa shape index (κ3) is 1.51. The summed E-state index contributed by atoms with van der Waals surface area (Å²) in [6, 6.07) is 0.271. The highest BCUT2D eigenvalue weighted by atomic mass is 35.5. The maximum absolute atomic E-state index is 10.8. The van der Waals surface area contributed by atoms with Gasteiger partial charge in [0.25, 0.3) is 0 Å². The average molecular weight is 176 g/mol. The van der Waals surface area contributed by atoms with Crippen molar-refractivity contribution in [1.29, 1.82) is 0 Å². The van der Waals surface area contributed by atoms with E-state index in [0.717, 1.165) is 13.0 Å². The number of rotatable bonds is 0. The Labute approximate surface area is 72.5 Å². The number of hydrogen-bond acceptors (Lipinski definition) is 1. The van der Waals surface area contributed by atoms with E-state index in [1.807, 2.05) is 6.92 Å². The zero-order valence-corrected chi connectivity index (χ0v) is 7.98. The second-order valence-electron chi connectivity index (χ2n) is 3.86. The number of likely N-dealkylation sites (tertiary alicyclic amines) is 1. The summed E-state index contributed by atoms with van der Waals surface area (Å²) in [6.45, 7) is 7.18. The molecule has 3 heteroatoms. The third-order valence-corrected chi connectivity index (χ3v) is 3.04. The molecule has 0 radical (unpaired) electrons. The van der Waals surface area contributed by atoms with Crippen LogP contribution in [-0.4, -0.2) is 22.9 Å². The highest BCUT2D eigenvalue weighted by Crippen LogP contribution is 2.36. The molecule has 0 bridgehead atoms. The van der Waals surface area contributed by atoms with Crippen molar-refractivity contribution in [2.75, 3.05) is 6.54 Å². The summed E-state index contributed by atoms with van der Waals surface area (Å²) in [5, 5.41) is -0.317. The van der Waals surface area contributed by atoms with E-state index in [1.165, 1.54) is 0 Å². The first-order valence-corrected chi connectivity index (χ1v) is 4.29. The normalized spacial score (nSPS) is 29.1. The summed E-state index contributed by atoms with van der Waals surface area (Å²) >= 11 is 5.39. The molecule has 1 amide bonds. The van der Waals surface area contributed by atoms with Gasteiger partial charge in [-0.2, -0.15) is 0 Å². The van der Waals surface area contributed by atoms with Gasteiger partial charge in [-0.15, -0.1) is 0 Å². The number of carbonyl (C=O) groups is 1. The molecule has 2 nitrogen and oxygen atoms in total. The molecule has 0 aromatic heterocycles. The van der Waals surface area contributed by atoms with Crippen LogP contribution in [0.5, 0.6) is 0 Å². The van der Waals surface area contributed by atoms with E-state index in [2.05, 4.69) is 13.8 Å². The average Bonchev–Trinajstić information content (AvgIpc) is 2.09. The van der Waals surface area contributed by atoms with Gasteiger partial charge in [-0.25, -0.2) is 0 Å². The van der Waals surface area contributed by atoms with E-state index < -0.39 is 0 Å². The quantitative estimate of drug-likeness (QED) is 0.409. The summed E-state index contributed by atoms with van der Waals surface area (Å²) in [5.41, 5.74) is 0.227. The number of nitrogens with zero attached hydrogens (tertiary/aromatic N) is 1. The number of carbonyl (C=O) groups excluding carboxylic acids is 1. The first-order valence-electron chi connectivity index (χ1n) is 3.91. The minimum absolute atomic E-state index is 0.227. The van der Waals surface area contributed by atoms with E-state index in [1.54, 1.807) is 4.90 Å². The molecule has 0 saturated carbocycles. The minimum atomic E-state index is -0.317. The summed E-state index contributed by atoms with van der Waals surface area (Å²) in [6.07, 6.45) is 1.05. The molecule has 64 valence electrons. The Kier molecular flexibility index (Phi) is 2.15. The molecule has 0 N–H and O–H groups in total. The van der Waals surface area contributed by atoms with Crippen LogP contribution in [0.25, 0.3) is 0 Å². The summed E-state index contributed by atoms with van der Waals surface area (Å²) in [5.74, 6) is 0. The lowest BCUT2D eigenvalue weighted by molar-refractivity contribution is 0.198. The van der Waals surface area contributed by atoms with Gasteiger partial charge >= 0.3 is 5.37 Å². The maximum Gasteiger partial charge on any atom is 0.316 e. The Hall–Kier alpha value is -0.240. The first-order chi connectivity index (χ1) is 4.95. The van der Waals surface area contributed by atoms with Gasteiger partial charge in [-0.3, -0.25) is 4.79 Å². The molecule has 11 heavy (non-hydrogen) atoms. The number of hydrogen-bond donors (Lipinski definition) is 0. The SMILES string of the molecule is CC1N(C(=O)Cl)CCC1(C)C.